The van der Waals surface area contributed by atoms with Crippen LogP contribution in [-0.2, 0) is 16.6 Å². The van der Waals surface area contributed by atoms with Crippen LogP contribution in [0.2, 0.25) is 0 Å². The monoisotopic (exact) mass is 253 g/mol. The predicted octanol–water partition coefficient (Wildman–Crippen LogP) is -0.135. The van der Waals surface area contributed by atoms with Gasteiger partial charge in [-0.15, -0.1) is 0 Å². The van der Waals surface area contributed by atoms with Gasteiger partial charge in [-0.25, -0.2) is 13.1 Å². The van der Waals surface area contributed by atoms with Crippen molar-refractivity contribution in [2.45, 2.75) is 11.4 Å². The molecule has 0 aliphatic rings. The molecule has 2 rings (SSSR count). The Morgan fingerprint density at radius 2 is 2.24 bits per heavy atom. The van der Waals surface area contributed by atoms with Gasteiger partial charge in [0, 0.05) is 24.5 Å². The lowest BCUT2D eigenvalue weighted by atomic mass is 10.3. The van der Waals surface area contributed by atoms with Crippen molar-refractivity contribution in [2.24, 2.45) is 0 Å². The molecule has 2 aromatic rings. The van der Waals surface area contributed by atoms with E-state index in [4.69, 9.17) is 5.73 Å². The quantitative estimate of drug-likeness (QED) is 0.702. The molecule has 0 atom stereocenters. The van der Waals surface area contributed by atoms with E-state index in [0.717, 1.165) is 0 Å². The summed E-state index contributed by atoms with van der Waals surface area (Å²) in [6, 6.07) is 3.02. The lowest BCUT2D eigenvalue weighted by molar-refractivity contribution is 0.581. The van der Waals surface area contributed by atoms with Crippen molar-refractivity contribution in [3.05, 3.63) is 36.3 Å². The van der Waals surface area contributed by atoms with Crippen LogP contribution in [0.4, 0.5) is 5.82 Å². The number of hydrogen-bond donors (Lipinski definition) is 3. The van der Waals surface area contributed by atoms with E-state index in [9.17, 15) is 8.42 Å². The van der Waals surface area contributed by atoms with E-state index in [0.29, 0.717) is 11.4 Å². The van der Waals surface area contributed by atoms with E-state index in [1.54, 1.807) is 6.07 Å². The zero-order valence-electron chi connectivity index (χ0n) is 8.79. The first kappa shape index (κ1) is 11.6. The number of aromatic nitrogens is 3. The summed E-state index contributed by atoms with van der Waals surface area (Å²) in [5, 5.41) is 6.22. The summed E-state index contributed by atoms with van der Waals surface area (Å²) in [5.41, 5.74) is 6.14. The van der Waals surface area contributed by atoms with Crippen LogP contribution < -0.4 is 10.5 Å². The van der Waals surface area contributed by atoms with Gasteiger partial charge in [-0.05, 0) is 12.1 Å². The van der Waals surface area contributed by atoms with Crippen LogP contribution >= 0.6 is 0 Å². The minimum absolute atomic E-state index is 0.0829. The summed E-state index contributed by atoms with van der Waals surface area (Å²) >= 11 is 0. The number of nitrogens with zero attached hydrogens (tertiary/aromatic N) is 2. The smallest absolute Gasteiger partial charge is 0.242 e. The SMILES string of the molecule is Nc1[nH]ncc1CNS(=O)(=O)c1cccnc1. The van der Waals surface area contributed by atoms with E-state index in [-0.39, 0.29) is 11.4 Å². The molecule has 90 valence electrons. The van der Waals surface area contributed by atoms with Crippen LogP contribution in [-0.4, -0.2) is 23.6 Å². The lowest BCUT2D eigenvalue weighted by Crippen LogP contribution is -2.23. The second kappa shape index (κ2) is 4.52. The number of hydrogen-bond acceptors (Lipinski definition) is 5. The molecular weight excluding hydrogens is 242 g/mol. The first-order chi connectivity index (χ1) is 8.09. The molecule has 0 saturated heterocycles. The van der Waals surface area contributed by atoms with Crippen LogP contribution in [0.5, 0.6) is 0 Å². The Morgan fingerprint density at radius 3 is 2.82 bits per heavy atom. The Hall–Kier alpha value is -1.93. The highest BCUT2D eigenvalue weighted by molar-refractivity contribution is 7.89. The van der Waals surface area contributed by atoms with Gasteiger partial charge in [-0.2, -0.15) is 5.10 Å². The first-order valence-corrected chi connectivity index (χ1v) is 6.25. The fraction of sp³-hybridized carbons (Fsp3) is 0.111. The average molecular weight is 253 g/mol. The fourth-order valence-corrected chi connectivity index (χ4v) is 2.19. The maximum atomic E-state index is 11.8. The minimum atomic E-state index is -3.56. The molecule has 0 aromatic carbocycles. The van der Waals surface area contributed by atoms with Gasteiger partial charge in [-0.1, -0.05) is 0 Å². The Morgan fingerprint density at radius 1 is 1.41 bits per heavy atom. The summed E-state index contributed by atoms with van der Waals surface area (Å²) < 4.78 is 26.0. The van der Waals surface area contributed by atoms with E-state index < -0.39 is 10.0 Å². The lowest BCUT2D eigenvalue weighted by Gasteiger charge is -2.05. The number of aromatic amines is 1. The summed E-state index contributed by atoms with van der Waals surface area (Å²) in [7, 11) is -3.56. The summed E-state index contributed by atoms with van der Waals surface area (Å²) in [4.78, 5) is 3.86. The molecule has 17 heavy (non-hydrogen) atoms. The minimum Gasteiger partial charge on any atom is -0.384 e. The molecule has 4 N–H and O–H groups in total. The van der Waals surface area contributed by atoms with Crippen molar-refractivity contribution >= 4 is 15.8 Å². The fourth-order valence-electron chi connectivity index (χ4n) is 1.22. The number of nitrogen functional groups attached to an aromatic ring is 1. The Bertz CT molecular complexity index is 593. The van der Waals surface area contributed by atoms with Gasteiger partial charge in [0.2, 0.25) is 10.0 Å². The molecule has 0 aliphatic heterocycles. The van der Waals surface area contributed by atoms with Crippen LogP contribution in [0.3, 0.4) is 0 Å². The van der Waals surface area contributed by atoms with E-state index in [1.807, 2.05) is 0 Å². The Labute approximate surface area is 98.1 Å². The topological polar surface area (TPSA) is 114 Å². The van der Waals surface area contributed by atoms with Crippen molar-refractivity contribution < 1.29 is 8.42 Å². The van der Waals surface area contributed by atoms with Crippen LogP contribution in [0.1, 0.15) is 5.56 Å². The zero-order chi connectivity index (χ0) is 12.3. The number of nitrogens with one attached hydrogen (secondary N) is 2. The van der Waals surface area contributed by atoms with Crippen molar-refractivity contribution in [1.29, 1.82) is 0 Å². The zero-order valence-corrected chi connectivity index (χ0v) is 9.61. The Kier molecular flexibility index (Phi) is 3.07. The molecule has 0 spiro atoms. The molecule has 8 heteroatoms. The molecule has 7 nitrogen and oxygen atoms in total. The van der Waals surface area contributed by atoms with Gasteiger partial charge in [0.1, 0.15) is 10.7 Å². The molecule has 2 heterocycles. The maximum Gasteiger partial charge on any atom is 0.242 e. The second-order valence-electron chi connectivity index (χ2n) is 3.32. The van der Waals surface area contributed by atoms with Crippen molar-refractivity contribution in [3.63, 3.8) is 0 Å². The molecule has 0 unspecified atom stereocenters. The van der Waals surface area contributed by atoms with Crippen molar-refractivity contribution in [3.8, 4) is 0 Å². The molecule has 0 radical (unpaired) electrons. The first-order valence-electron chi connectivity index (χ1n) is 4.77. The normalized spacial score (nSPS) is 11.5. The Balaban J connectivity index is 2.12. The predicted molar refractivity (Wildman–Crippen MR) is 61.3 cm³/mol. The van der Waals surface area contributed by atoms with E-state index in [1.165, 1.54) is 24.7 Å². The van der Waals surface area contributed by atoms with Gasteiger partial charge < -0.3 is 5.73 Å². The highest BCUT2D eigenvalue weighted by Crippen LogP contribution is 2.09. The molecular formula is C9H11N5O2S. The standard InChI is InChI=1S/C9H11N5O2S/c10-9-7(4-12-14-9)5-13-17(15,16)8-2-1-3-11-6-8/h1-4,6,13H,5H2,(H3,10,12,14). The van der Waals surface area contributed by atoms with Gasteiger partial charge in [-0.3, -0.25) is 10.1 Å². The molecule has 0 amide bonds. The maximum absolute atomic E-state index is 11.8. The number of anilines is 1. The number of sulfonamides is 1. The molecule has 0 aliphatic carbocycles. The van der Waals surface area contributed by atoms with Crippen LogP contribution in [0.15, 0.2) is 35.6 Å². The second-order valence-corrected chi connectivity index (χ2v) is 5.09. The number of nitrogens with two attached hydrogens (primary N) is 1. The summed E-state index contributed by atoms with van der Waals surface area (Å²) in [6.45, 7) is 0.0829. The number of rotatable bonds is 4. The number of pyridine rings is 1. The molecule has 0 saturated carbocycles. The van der Waals surface area contributed by atoms with Crippen molar-refractivity contribution in [2.75, 3.05) is 5.73 Å². The van der Waals surface area contributed by atoms with Crippen molar-refractivity contribution in [1.82, 2.24) is 19.9 Å². The van der Waals surface area contributed by atoms with Gasteiger partial charge in [0.15, 0.2) is 0 Å². The van der Waals surface area contributed by atoms with Gasteiger partial charge in [0.25, 0.3) is 0 Å². The van der Waals surface area contributed by atoms with Gasteiger partial charge >= 0.3 is 0 Å². The molecule has 2 aromatic heterocycles. The summed E-state index contributed by atoms with van der Waals surface area (Å²) in [5.74, 6) is 0.346. The highest BCUT2D eigenvalue weighted by Gasteiger charge is 2.14. The highest BCUT2D eigenvalue weighted by atomic mass is 32.2. The third kappa shape index (κ3) is 2.60. The van der Waals surface area contributed by atoms with Crippen LogP contribution in [0, 0.1) is 0 Å². The molecule has 0 bridgehead atoms. The third-order valence-corrected chi connectivity index (χ3v) is 3.54. The largest absolute Gasteiger partial charge is 0.384 e. The average Bonchev–Trinajstić information content (AvgIpc) is 2.74. The van der Waals surface area contributed by atoms with E-state index in [2.05, 4.69) is 19.9 Å². The van der Waals surface area contributed by atoms with Gasteiger partial charge in [0.05, 0.1) is 6.20 Å². The summed E-state index contributed by atoms with van der Waals surface area (Å²) in [6.07, 6.45) is 4.26. The third-order valence-electron chi connectivity index (χ3n) is 2.15. The molecule has 0 fully saturated rings. The van der Waals surface area contributed by atoms with E-state index >= 15 is 0 Å². The number of H-pyrrole nitrogens is 1. The van der Waals surface area contributed by atoms with Crippen LogP contribution in [0.25, 0.3) is 0 Å².